The van der Waals surface area contributed by atoms with E-state index < -0.39 is 10.0 Å². The first kappa shape index (κ1) is 23.5. The molecule has 9 nitrogen and oxygen atoms in total. The Hall–Kier alpha value is -3.21. The van der Waals surface area contributed by atoms with Crippen LogP contribution in [-0.2, 0) is 17.1 Å². The number of nitrogens with one attached hydrogen (secondary N) is 1. The van der Waals surface area contributed by atoms with Gasteiger partial charge in [-0.1, -0.05) is 6.07 Å². The highest BCUT2D eigenvalue weighted by Gasteiger charge is 2.14. The zero-order chi connectivity index (χ0) is 22.3. The van der Waals surface area contributed by atoms with Crippen LogP contribution in [0.2, 0.25) is 0 Å². The van der Waals surface area contributed by atoms with Crippen molar-refractivity contribution in [2.75, 3.05) is 17.3 Å². The van der Waals surface area contributed by atoms with Crippen LogP contribution in [0.15, 0.2) is 53.6 Å². The molecule has 0 radical (unpaired) electrons. The Morgan fingerprint density at radius 3 is 2.56 bits per heavy atom. The number of rotatable bonds is 5. The van der Waals surface area contributed by atoms with E-state index in [4.69, 9.17) is 5.14 Å². The molecule has 168 valence electrons. The van der Waals surface area contributed by atoms with E-state index in [0.29, 0.717) is 23.0 Å². The van der Waals surface area contributed by atoms with E-state index in [1.807, 2.05) is 42.7 Å². The Bertz CT molecular complexity index is 1400. The smallest absolute Gasteiger partial charge is 0.238 e. The summed E-state index contributed by atoms with van der Waals surface area (Å²) in [6.45, 7) is 3.68. The molecule has 0 fully saturated rings. The van der Waals surface area contributed by atoms with Gasteiger partial charge in [-0.15, -0.1) is 12.4 Å². The maximum absolute atomic E-state index is 11.8. The Labute approximate surface area is 192 Å². The molecule has 4 rings (SSSR count). The fourth-order valence-electron chi connectivity index (χ4n) is 3.48. The van der Waals surface area contributed by atoms with E-state index in [1.165, 1.54) is 6.07 Å². The summed E-state index contributed by atoms with van der Waals surface area (Å²) in [7, 11) is 0.0161. The van der Waals surface area contributed by atoms with Crippen molar-refractivity contribution in [3.8, 4) is 0 Å². The summed E-state index contributed by atoms with van der Waals surface area (Å²) < 4.78 is 25.4. The molecule has 0 aliphatic rings. The molecule has 32 heavy (non-hydrogen) atoms. The van der Waals surface area contributed by atoms with E-state index in [2.05, 4.69) is 26.4 Å². The number of halogens is 1. The molecule has 3 N–H and O–H groups in total. The second kappa shape index (κ2) is 8.73. The molecule has 11 heteroatoms. The van der Waals surface area contributed by atoms with Crippen molar-refractivity contribution in [1.82, 2.24) is 19.7 Å². The van der Waals surface area contributed by atoms with Gasteiger partial charge in [0, 0.05) is 37.1 Å². The van der Waals surface area contributed by atoms with Crippen molar-refractivity contribution in [3.63, 3.8) is 0 Å². The number of nitrogens with zero attached hydrogens (tertiary/aromatic N) is 5. The van der Waals surface area contributed by atoms with Gasteiger partial charge in [-0.05, 0) is 55.8 Å². The third kappa shape index (κ3) is 4.52. The lowest BCUT2D eigenvalue weighted by Crippen LogP contribution is -2.14. The highest BCUT2D eigenvalue weighted by Crippen LogP contribution is 2.28. The minimum absolute atomic E-state index is 0. The standard InChI is InChI=1S/C21H23N7O2S.ClH/c1-13-5-6-15(11-19(13)31(22,29)30)24-21-23-10-9-20(25-21)27(3)16-7-8-17-14(2)26-28(4)18(17)12-16;/h5-12H,1-4H3,(H2,22,29,30)(H,23,24,25);1H. The van der Waals surface area contributed by atoms with Crippen molar-refractivity contribution in [3.05, 3.63) is 59.9 Å². The fraction of sp³-hybridized carbons (Fsp3) is 0.190. The number of hydrogen-bond acceptors (Lipinski definition) is 7. The van der Waals surface area contributed by atoms with E-state index in [1.54, 1.807) is 31.3 Å². The summed E-state index contributed by atoms with van der Waals surface area (Å²) in [6.07, 6.45) is 1.64. The quantitative estimate of drug-likeness (QED) is 0.454. The van der Waals surface area contributed by atoms with Crippen LogP contribution >= 0.6 is 12.4 Å². The predicted octanol–water partition coefficient (Wildman–Crippen LogP) is 3.56. The van der Waals surface area contributed by atoms with Crippen molar-refractivity contribution >= 4 is 56.5 Å². The Morgan fingerprint density at radius 2 is 1.84 bits per heavy atom. The van der Waals surface area contributed by atoms with Crippen LogP contribution < -0.4 is 15.4 Å². The maximum Gasteiger partial charge on any atom is 0.238 e. The molecule has 4 aromatic rings. The third-order valence-corrected chi connectivity index (χ3v) is 6.20. The summed E-state index contributed by atoms with van der Waals surface area (Å²) in [6, 6.07) is 12.8. The molecule has 2 heterocycles. The lowest BCUT2D eigenvalue weighted by Gasteiger charge is -2.19. The molecular formula is C21H24ClN7O2S. The van der Waals surface area contributed by atoms with Gasteiger partial charge in [0.25, 0.3) is 0 Å². The molecule has 0 saturated carbocycles. The minimum atomic E-state index is -3.82. The Balaban J connectivity index is 0.00000289. The number of aryl methyl sites for hydroxylation is 3. The number of fused-ring (bicyclic) bond motifs is 1. The second-order valence-electron chi connectivity index (χ2n) is 7.36. The van der Waals surface area contributed by atoms with Crippen molar-refractivity contribution < 1.29 is 8.42 Å². The molecule has 0 saturated heterocycles. The second-order valence-corrected chi connectivity index (χ2v) is 8.89. The molecule has 2 aromatic heterocycles. The van der Waals surface area contributed by atoms with Crippen molar-refractivity contribution in [2.24, 2.45) is 12.2 Å². The number of primary sulfonamides is 1. The van der Waals surface area contributed by atoms with E-state index in [-0.39, 0.29) is 17.3 Å². The van der Waals surface area contributed by atoms with Crippen molar-refractivity contribution in [1.29, 1.82) is 0 Å². The maximum atomic E-state index is 11.8. The molecule has 0 aliphatic carbocycles. The van der Waals surface area contributed by atoms with Crippen LogP contribution in [0.25, 0.3) is 10.9 Å². The number of sulfonamides is 1. The van der Waals surface area contributed by atoms with Crippen LogP contribution in [0.5, 0.6) is 0 Å². The van der Waals surface area contributed by atoms with Crippen LogP contribution in [0.1, 0.15) is 11.3 Å². The summed E-state index contributed by atoms with van der Waals surface area (Å²) in [5.41, 5.74) is 4.07. The van der Waals surface area contributed by atoms with E-state index in [0.717, 1.165) is 22.3 Å². The van der Waals surface area contributed by atoms with Crippen LogP contribution in [0.3, 0.4) is 0 Å². The van der Waals surface area contributed by atoms with Gasteiger partial charge < -0.3 is 10.2 Å². The third-order valence-electron chi connectivity index (χ3n) is 5.14. The first-order chi connectivity index (χ1) is 14.6. The van der Waals surface area contributed by atoms with Gasteiger partial charge in [-0.2, -0.15) is 10.1 Å². The minimum Gasteiger partial charge on any atom is -0.329 e. The van der Waals surface area contributed by atoms with Crippen LogP contribution in [0, 0.1) is 13.8 Å². The lowest BCUT2D eigenvalue weighted by atomic mass is 10.2. The van der Waals surface area contributed by atoms with Gasteiger partial charge in [-0.25, -0.2) is 18.5 Å². The molecule has 0 spiro atoms. The molecular weight excluding hydrogens is 450 g/mol. The summed E-state index contributed by atoms with van der Waals surface area (Å²) in [5.74, 6) is 1.01. The number of hydrogen-bond donors (Lipinski definition) is 2. The van der Waals surface area contributed by atoms with Gasteiger partial charge in [0.2, 0.25) is 16.0 Å². The zero-order valence-corrected chi connectivity index (χ0v) is 19.7. The van der Waals surface area contributed by atoms with Gasteiger partial charge in [0.05, 0.1) is 16.1 Å². The predicted molar refractivity (Wildman–Crippen MR) is 129 cm³/mol. The summed E-state index contributed by atoms with van der Waals surface area (Å²) in [4.78, 5) is 10.8. The monoisotopic (exact) mass is 473 g/mol. The van der Waals surface area contributed by atoms with Gasteiger partial charge in [0.15, 0.2) is 0 Å². The highest BCUT2D eigenvalue weighted by atomic mass is 35.5. The molecule has 0 atom stereocenters. The average molecular weight is 474 g/mol. The van der Waals surface area contributed by atoms with Gasteiger partial charge in [0.1, 0.15) is 5.82 Å². The topological polar surface area (TPSA) is 119 Å². The zero-order valence-electron chi connectivity index (χ0n) is 18.1. The van der Waals surface area contributed by atoms with E-state index >= 15 is 0 Å². The van der Waals surface area contributed by atoms with Crippen molar-refractivity contribution in [2.45, 2.75) is 18.7 Å². The molecule has 0 aliphatic heterocycles. The Morgan fingerprint density at radius 1 is 1.09 bits per heavy atom. The number of anilines is 4. The molecule has 0 amide bonds. The SMILES string of the molecule is Cc1ccc(Nc2nccc(N(C)c3ccc4c(C)nn(C)c4c3)n2)cc1S(N)(=O)=O.Cl. The number of aromatic nitrogens is 4. The van der Waals surface area contributed by atoms with E-state index in [9.17, 15) is 8.42 Å². The first-order valence-electron chi connectivity index (χ1n) is 9.54. The molecule has 0 unspecified atom stereocenters. The van der Waals surface area contributed by atoms with Crippen LogP contribution in [0.4, 0.5) is 23.1 Å². The van der Waals surface area contributed by atoms with Gasteiger partial charge >= 0.3 is 0 Å². The van der Waals surface area contributed by atoms with Gasteiger partial charge in [-0.3, -0.25) is 4.68 Å². The number of benzene rings is 2. The average Bonchev–Trinajstić information content (AvgIpc) is 3.01. The summed E-state index contributed by atoms with van der Waals surface area (Å²) >= 11 is 0. The first-order valence-corrected chi connectivity index (χ1v) is 11.1. The summed E-state index contributed by atoms with van der Waals surface area (Å²) in [5, 5.41) is 13.9. The largest absolute Gasteiger partial charge is 0.329 e. The normalized spacial score (nSPS) is 11.3. The Kier molecular flexibility index (Phi) is 6.40. The van der Waals surface area contributed by atoms with Crippen LogP contribution in [-0.4, -0.2) is 35.2 Å². The molecule has 2 aromatic carbocycles. The lowest BCUT2D eigenvalue weighted by molar-refractivity contribution is 0.597. The molecule has 0 bridgehead atoms. The number of nitrogens with two attached hydrogens (primary N) is 1. The highest BCUT2D eigenvalue weighted by molar-refractivity contribution is 7.89. The fourth-order valence-corrected chi connectivity index (χ4v) is 4.29.